The topological polar surface area (TPSA) is 158 Å². The zero-order valence-corrected chi connectivity index (χ0v) is 28.7. The van der Waals surface area contributed by atoms with E-state index in [1.807, 2.05) is 32.9 Å². The smallest absolute Gasteiger partial charge is 0.141 e. The molecule has 0 fully saturated rings. The molecule has 10 heteroatoms. The van der Waals surface area contributed by atoms with Crippen LogP contribution in [0.15, 0.2) is 40.9 Å². The number of hydrogen-bond donors (Lipinski definition) is 2. The lowest BCUT2D eigenvalue weighted by Gasteiger charge is -2.12. The van der Waals surface area contributed by atoms with Crippen LogP contribution in [0.1, 0.15) is 41.2 Å². The molecule has 264 valence electrons. The summed E-state index contributed by atoms with van der Waals surface area (Å²) in [4.78, 5) is 23.8. The minimum atomic E-state index is 0. The molecule has 2 heterocycles. The molecule has 0 saturated heterocycles. The summed E-state index contributed by atoms with van der Waals surface area (Å²) in [5.41, 5.74) is 20.5. The standard InChI is InChI=1S/C21H21N3O2.C21H4.HN3.O2.8H2/c1-12-20(13(2)26-24-12)16-9-18(21-19(10-16)22-14(3)23-21)17-8-6-5-7-15(17)11-25-4;1-3-5-7-9-11-13-15-17-19-21-20-18-16-14-12-10-8-6-4-2;1-3-2;1-2;;;;;;;;/h5-10H,11H2,1-4H3,(H,22,23);1H,2H3;1H;;8*1H. The van der Waals surface area contributed by atoms with Crippen molar-refractivity contribution < 1.29 is 20.7 Å². The molecule has 0 aliphatic rings. The highest BCUT2D eigenvalue weighted by Crippen LogP contribution is 2.37. The van der Waals surface area contributed by atoms with Crippen LogP contribution in [0.25, 0.3) is 43.7 Å². The van der Waals surface area contributed by atoms with E-state index >= 15 is 0 Å². The van der Waals surface area contributed by atoms with Crippen molar-refractivity contribution in [2.45, 2.75) is 34.3 Å². The molecule has 2 aromatic heterocycles. The molecule has 2 aromatic carbocycles. The normalized spacial score (nSPS) is 7.46. The van der Waals surface area contributed by atoms with E-state index in [0.29, 0.717) is 6.61 Å². The third-order valence-electron chi connectivity index (χ3n) is 5.83. The summed E-state index contributed by atoms with van der Waals surface area (Å²) in [7, 11) is 1.71. The third kappa shape index (κ3) is 14.6. The minimum Gasteiger partial charge on any atom is -0.380 e. The van der Waals surface area contributed by atoms with E-state index in [-0.39, 0.29) is 11.4 Å². The maximum atomic E-state index is 7.00. The lowest BCUT2D eigenvalue weighted by molar-refractivity contribution is 0.185. The number of benzene rings is 2. The quantitative estimate of drug-likeness (QED) is 0.0943. The minimum absolute atomic E-state index is 0. The highest BCUT2D eigenvalue weighted by molar-refractivity contribution is 5.97. The SMILES string of the molecule is C#CC#CC#CC#CC#CC#CC#CC#CC#CC#CC.COCc1ccccc1-c1cc(-c2c(C)noc2C)cc2[nH]c(C)nc12.O=O.[HH].[HH].[HH].[HH].[HH].[HH].[HH].[HH].[N-]=[N+]=N. The Morgan fingerprint density at radius 3 is 1.81 bits per heavy atom. The molecule has 4 aromatic rings. The van der Waals surface area contributed by atoms with Crippen molar-refractivity contribution in [2.24, 2.45) is 0 Å². The monoisotopic (exact) mass is 694 g/mol. The number of imidazole rings is 1. The number of nitrogens with zero attached hydrogens (tertiary/aromatic N) is 4. The molecule has 0 aliphatic heterocycles. The summed E-state index contributed by atoms with van der Waals surface area (Å²) >= 11 is 0. The Labute approximate surface area is 314 Å². The summed E-state index contributed by atoms with van der Waals surface area (Å²) in [6.07, 6.45) is 4.90. The number of hydrogen-bond acceptors (Lipinski definition) is 7. The second kappa shape index (κ2) is 25.7. The summed E-state index contributed by atoms with van der Waals surface area (Å²) in [5.74, 6) is 48.6. The first-order valence-electron chi connectivity index (χ1n) is 14.5. The van der Waals surface area contributed by atoms with E-state index in [4.69, 9.17) is 41.7 Å². The molecular formula is C42H42N6O4. The molecule has 2 N–H and O–H groups in total. The molecule has 0 amide bonds. The summed E-state index contributed by atoms with van der Waals surface area (Å²) < 4.78 is 10.8. The average Bonchev–Trinajstić information content (AvgIpc) is 3.70. The van der Waals surface area contributed by atoms with Crippen molar-refractivity contribution in [1.29, 1.82) is 5.53 Å². The Morgan fingerprint density at radius 1 is 0.846 bits per heavy atom. The number of aromatic nitrogens is 3. The highest BCUT2D eigenvalue weighted by atomic mass is 16.7. The average molecular weight is 695 g/mol. The maximum absolute atomic E-state index is 7.00. The number of nitrogens with one attached hydrogen (secondary N) is 2. The number of methoxy groups -OCH3 is 1. The van der Waals surface area contributed by atoms with E-state index in [1.54, 1.807) is 18.9 Å². The van der Waals surface area contributed by atoms with Gasteiger partial charge in [0.25, 0.3) is 0 Å². The van der Waals surface area contributed by atoms with E-state index in [1.165, 1.54) is 0 Å². The Balaban J connectivity index is -0.000000123. The number of aryl methyl sites for hydroxylation is 3. The van der Waals surface area contributed by atoms with E-state index < -0.39 is 0 Å². The van der Waals surface area contributed by atoms with Crippen LogP contribution in [-0.2, 0) is 11.3 Å². The zero-order chi connectivity index (χ0) is 38.4. The van der Waals surface area contributed by atoms with E-state index in [9.17, 15) is 0 Å². The number of rotatable bonds is 4. The van der Waals surface area contributed by atoms with Crippen LogP contribution >= 0.6 is 0 Å². The molecule has 4 rings (SSSR count). The van der Waals surface area contributed by atoms with Gasteiger partial charge in [-0.25, -0.2) is 4.98 Å². The van der Waals surface area contributed by atoms with Crippen LogP contribution in [0.5, 0.6) is 0 Å². The van der Waals surface area contributed by atoms with Gasteiger partial charge in [-0.15, -0.1) is 12.0 Å². The van der Waals surface area contributed by atoms with Gasteiger partial charge in [0.15, 0.2) is 0 Å². The lowest BCUT2D eigenvalue weighted by atomic mass is 9.94. The molecule has 0 unspecified atom stereocenters. The second-order valence-corrected chi connectivity index (χ2v) is 9.15. The Hall–Kier alpha value is -8.41. The van der Waals surface area contributed by atoms with Crippen molar-refractivity contribution in [1.82, 2.24) is 15.1 Å². The second-order valence-electron chi connectivity index (χ2n) is 9.15. The van der Waals surface area contributed by atoms with Gasteiger partial charge in [0.2, 0.25) is 0 Å². The predicted octanol–water partition coefficient (Wildman–Crippen LogP) is 8.54. The van der Waals surface area contributed by atoms with Crippen LogP contribution in [-0.4, -0.2) is 22.2 Å². The number of fused-ring (bicyclic) bond motifs is 1. The van der Waals surface area contributed by atoms with E-state index in [2.05, 4.69) is 147 Å². The molecule has 0 spiro atoms. The summed E-state index contributed by atoms with van der Waals surface area (Å²) in [5, 5.41) is 4.11. The van der Waals surface area contributed by atoms with Gasteiger partial charge in [0.05, 0.1) is 23.3 Å². The Bertz CT molecular complexity index is 2580. The first kappa shape index (κ1) is 41.6. The molecule has 0 aliphatic carbocycles. The Kier molecular flexibility index (Phi) is 20.5. The first-order chi connectivity index (χ1) is 25.4. The van der Waals surface area contributed by atoms with Crippen molar-refractivity contribution in [2.75, 3.05) is 7.11 Å². The maximum Gasteiger partial charge on any atom is 0.141 e. The van der Waals surface area contributed by atoms with E-state index in [0.717, 1.165) is 56.1 Å². The molecule has 10 nitrogen and oxygen atoms in total. The van der Waals surface area contributed by atoms with Crippen LogP contribution in [0.4, 0.5) is 0 Å². The molecule has 0 atom stereocenters. The fraction of sp³-hybridized carbons (Fsp3) is 0.143. The molecule has 0 saturated carbocycles. The third-order valence-corrected chi connectivity index (χ3v) is 5.83. The van der Waals surface area contributed by atoms with Gasteiger partial charge in [-0.2, -0.15) is 0 Å². The van der Waals surface area contributed by atoms with Crippen LogP contribution < -0.4 is 0 Å². The van der Waals surface area contributed by atoms with Gasteiger partial charge < -0.3 is 14.2 Å². The van der Waals surface area contributed by atoms with Gasteiger partial charge in [0.1, 0.15) is 11.6 Å². The van der Waals surface area contributed by atoms with Crippen LogP contribution in [0.3, 0.4) is 0 Å². The Morgan fingerprint density at radius 2 is 1.35 bits per heavy atom. The van der Waals surface area contributed by atoms with Gasteiger partial charge in [-0.1, -0.05) is 35.3 Å². The number of H-pyrrole nitrogens is 1. The van der Waals surface area contributed by atoms with Crippen molar-refractivity contribution in [3.8, 4) is 141 Å². The summed E-state index contributed by atoms with van der Waals surface area (Å²) in [6, 6.07) is 12.6. The number of terminal acetylenes is 1. The van der Waals surface area contributed by atoms with Crippen molar-refractivity contribution in [3.63, 3.8) is 0 Å². The molecule has 0 radical (unpaired) electrons. The predicted molar refractivity (Wildman–Crippen MR) is 220 cm³/mol. The fourth-order valence-corrected chi connectivity index (χ4v) is 4.12. The van der Waals surface area contributed by atoms with Crippen LogP contribution in [0.2, 0.25) is 0 Å². The molecule has 52 heavy (non-hydrogen) atoms. The molecule has 0 bridgehead atoms. The number of aromatic amines is 1. The number of ether oxygens (including phenoxy) is 1. The fourth-order valence-electron chi connectivity index (χ4n) is 4.12. The van der Waals surface area contributed by atoms with Crippen LogP contribution in [0, 0.1) is 155 Å². The van der Waals surface area contributed by atoms with Gasteiger partial charge >= 0.3 is 0 Å². The highest BCUT2D eigenvalue weighted by Gasteiger charge is 2.18. The van der Waals surface area contributed by atoms with Crippen molar-refractivity contribution in [3.05, 3.63) is 79.6 Å². The van der Waals surface area contributed by atoms with Gasteiger partial charge in [-0.3, -0.25) is 0 Å². The van der Waals surface area contributed by atoms with Crippen molar-refractivity contribution >= 4 is 11.0 Å². The lowest BCUT2D eigenvalue weighted by Crippen LogP contribution is -1.93. The largest absolute Gasteiger partial charge is 0.380 e. The van der Waals surface area contributed by atoms with Gasteiger partial charge in [-0.05, 0) is 162 Å². The summed E-state index contributed by atoms with van der Waals surface area (Å²) in [6.45, 7) is 8.13. The van der Waals surface area contributed by atoms with Gasteiger partial charge in [0, 0.05) is 51.4 Å². The first-order valence-corrected chi connectivity index (χ1v) is 14.5. The molecular weight excluding hydrogens is 653 g/mol. The zero-order valence-electron chi connectivity index (χ0n) is 28.7.